The van der Waals surface area contributed by atoms with Crippen LogP contribution in [0.5, 0.6) is 11.5 Å². The van der Waals surface area contributed by atoms with Crippen LogP contribution in [0.15, 0.2) is 12.1 Å². The van der Waals surface area contributed by atoms with E-state index in [1.807, 2.05) is 4.90 Å². The zero-order valence-corrected chi connectivity index (χ0v) is 16.2. The first-order valence-electron chi connectivity index (χ1n) is 9.80. The lowest BCUT2D eigenvalue weighted by atomic mass is 9.94. The van der Waals surface area contributed by atoms with Gasteiger partial charge in [-0.1, -0.05) is 24.4 Å². The van der Waals surface area contributed by atoms with E-state index in [1.165, 1.54) is 12.8 Å². The molecule has 0 aliphatic carbocycles. The van der Waals surface area contributed by atoms with Crippen molar-refractivity contribution in [2.75, 3.05) is 33.0 Å². The standard InChI is InChI=1S/C20H25ClN2O4/c21-16-11-15(12-17-18(16)27-13-26-17)20(25)23-9-5-14(6-10-23)19(24)22-7-3-1-2-4-8-22/h11-12,14H,1-10,13H2. The number of carbonyl (C=O) groups excluding carboxylic acids is 2. The zero-order chi connectivity index (χ0) is 18.8. The van der Waals surface area contributed by atoms with Crippen LogP contribution in [0.25, 0.3) is 0 Å². The predicted molar refractivity (Wildman–Crippen MR) is 101 cm³/mol. The Bertz CT molecular complexity index is 723. The molecule has 0 spiro atoms. The van der Waals surface area contributed by atoms with E-state index < -0.39 is 0 Å². The van der Waals surface area contributed by atoms with E-state index in [0.29, 0.717) is 35.2 Å². The lowest BCUT2D eigenvalue weighted by Gasteiger charge is -2.34. The molecule has 3 aliphatic rings. The van der Waals surface area contributed by atoms with Crippen LogP contribution in [-0.2, 0) is 4.79 Å². The number of hydrogen-bond acceptors (Lipinski definition) is 4. The Kier molecular flexibility index (Phi) is 5.43. The second-order valence-corrected chi connectivity index (χ2v) is 7.91. The fraction of sp³-hybridized carbons (Fsp3) is 0.600. The molecule has 3 heterocycles. The van der Waals surface area contributed by atoms with Crippen LogP contribution in [0.3, 0.4) is 0 Å². The second-order valence-electron chi connectivity index (χ2n) is 7.50. The summed E-state index contributed by atoms with van der Waals surface area (Å²) in [5.74, 6) is 1.24. The van der Waals surface area contributed by atoms with E-state index in [4.69, 9.17) is 21.1 Å². The first-order valence-corrected chi connectivity index (χ1v) is 10.2. The molecule has 2 fully saturated rings. The van der Waals surface area contributed by atoms with Gasteiger partial charge in [0.1, 0.15) is 0 Å². The van der Waals surface area contributed by atoms with Crippen LogP contribution < -0.4 is 9.47 Å². The van der Waals surface area contributed by atoms with Crippen molar-refractivity contribution < 1.29 is 19.1 Å². The molecular formula is C20H25ClN2O4. The summed E-state index contributed by atoms with van der Waals surface area (Å²) < 4.78 is 10.7. The fourth-order valence-corrected chi connectivity index (χ4v) is 4.42. The minimum Gasteiger partial charge on any atom is -0.454 e. The number of ether oxygens (including phenoxy) is 2. The van der Waals surface area contributed by atoms with Crippen LogP contribution in [0.2, 0.25) is 5.02 Å². The number of benzene rings is 1. The molecule has 0 radical (unpaired) electrons. The summed E-state index contributed by atoms with van der Waals surface area (Å²) >= 11 is 6.20. The van der Waals surface area contributed by atoms with Gasteiger partial charge in [0, 0.05) is 37.7 Å². The molecule has 0 saturated carbocycles. The Labute approximate surface area is 164 Å². The van der Waals surface area contributed by atoms with Gasteiger partial charge in [-0.05, 0) is 37.8 Å². The Balaban J connectivity index is 1.37. The highest BCUT2D eigenvalue weighted by Crippen LogP contribution is 2.40. The molecule has 4 rings (SSSR count). The van der Waals surface area contributed by atoms with Crippen molar-refractivity contribution in [1.29, 1.82) is 0 Å². The number of likely N-dealkylation sites (tertiary alicyclic amines) is 2. The van der Waals surface area contributed by atoms with Crippen LogP contribution in [0.1, 0.15) is 48.9 Å². The van der Waals surface area contributed by atoms with Crippen LogP contribution in [0, 0.1) is 5.92 Å². The van der Waals surface area contributed by atoms with Crippen LogP contribution >= 0.6 is 11.6 Å². The van der Waals surface area contributed by atoms with Gasteiger partial charge in [-0.2, -0.15) is 0 Å². The molecule has 27 heavy (non-hydrogen) atoms. The Hall–Kier alpha value is -1.95. The van der Waals surface area contributed by atoms with Crippen LogP contribution in [0.4, 0.5) is 0 Å². The minimum absolute atomic E-state index is 0.0347. The molecular weight excluding hydrogens is 368 g/mol. The van der Waals surface area contributed by atoms with Crippen molar-refractivity contribution in [3.8, 4) is 11.5 Å². The smallest absolute Gasteiger partial charge is 0.254 e. The van der Waals surface area contributed by atoms with Crippen molar-refractivity contribution in [2.24, 2.45) is 5.92 Å². The fourth-order valence-electron chi connectivity index (χ4n) is 4.15. The summed E-state index contributed by atoms with van der Waals surface area (Å²) in [7, 11) is 0. The number of carbonyl (C=O) groups is 2. The number of rotatable bonds is 2. The molecule has 0 N–H and O–H groups in total. The van der Waals surface area contributed by atoms with Gasteiger partial charge in [-0.3, -0.25) is 9.59 Å². The maximum absolute atomic E-state index is 12.9. The van der Waals surface area contributed by atoms with Crippen LogP contribution in [-0.4, -0.2) is 54.6 Å². The maximum Gasteiger partial charge on any atom is 0.254 e. The average Bonchev–Trinajstić information content (AvgIpc) is 3.01. The topological polar surface area (TPSA) is 59.1 Å². The largest absolute Gasteiger partial charge is 0.454 e. The molecule has 2 amide bonds. The lowest BCUT2D eigenvalue weighted by molar-refractivity contribution is -0.136. The van der Waals surface area contributed by atoms with Gasteiger partial charge < -0.3 is 19.3 Å². The van der Waals surface area contributed by atoms with Crippen molar-refractivity contribution >= 4 is 23.4 Å². The number of fused-ring (bicyclic) bond motifs is 1. The molecule has 0 unspecified atom stereocenters. The highest BCUT2D eigenvalue weighted by Gasteiger charge is 2.31. The zero-order valence-electron chi connectivity index (χ0n) is 15.4. The van der Waals surface area contributed by atoms with Gasteiger partial charge in [0.05, 0.1) is 5.02 Å². The van der Waals surface area contributed by atoms with Crippen molar-refractivity contribution in [3.63, 3.8) is 0 Å². The molecule has 146 valence electrons. The third-order valence-corrected chi connectivity index (χ3v) is 6.00. The Morgan fingerprint density at radius 2 is 1.63 bits per heavy atom. The monoisotopic (exact) mass is 392 g/mol. The minimum atomic E-state index is -0.0733. The summed E-state index contributed by atoms with van der Waals surface area (Å²) in [6, 6.07) is 3.32. The van der Waals surface area contributed by atoms with E-state index in [0.717, 1.165) is 38.8 Å². The molecule has 1 aromatic carbocycles. The summed E-state index contributed by atoms with van der Waals surface area (Å²) in [5.41, 5.74) is 0.501. The summed E-state index contributed by atoms with van der Waals surface area (Å²) in [6.45, 7) is 3.07. The number of halogens is 1. The summed E-state index contributed by atoms with van der Waals surface area (Å²) in [4.78, 5) is 29.5. The molecule has 6 nitrogen and oxygen atoms in total. The van der Waals surface area contributed by atoms with Gasteiger partial charge in [-0.15, -0.1) is 0 Å². The van der Waals surface area contributed by atoms with E-state index in [1.54, 1.807) is 17.0 Å². The Morgan fingerprint density at radius 1 is 0.926 bits per heavy atom. The quantitative estimate of drug-likeness (QED) is 0.774. The normalized spacial score (nSPS) is 20.5. The Morgan fingerprint density at radius 3 is 2.33 bits per heavy atom. The lowest BCUT2D eigenvalue weighted by Crippen LogP contribution is -2.44. The number of amides is 2. The molecule has 0 aromatic heterocycles. The number of hydrogen-bond donors (Lipinski definition) is 0. The summed E-state index contributed by atoms with van der Waals surface area (Å²) in [5, 5.41) is 0.388. The molecule has 0 bridgehead atoms. The van der Waals surface area contributed by atoms with Gasteiger partial charge in [0.2, 0.25) is 12.7 Å². The van der Waals surface area contributed by atoms with E-state index in [-0.39, 0.29) is 24.5 Å². The predicted octanol–water partition coefficient (Wildman–Crippen LogP) is 3.32. The third kappa shape index (κ3) is 3.86. The number of nitrogens with zero attached hydrogens (tertiary/aromatic N) is 2. The van der Waals surface area contributed by atoms with E-state index in [9.17, 15) is 9.59 Å². The van der Waals surface area contributed by atoms with Gasteiger partial charge in [0.15, 0.2) is 11.5 Å². The van der Waals surface area contributed by atoms with Gasteiger partial charge in [-0.25, -0.2) is 0 Å². The molecule has 0 atom stereocenters. The maximum atomic E-state index is 12.9. The second kappa shape index (κ2) is 7.97. The highest BCUT2D eigenvalue weighted by atomic mass is 35.5. The molecule has 3 aliphatic heterocycles. The highest BCUT2D eigenvalue weighted by molar-refractivity contribution is 6.32. The SMILES string of the molecule is O=C(c1cc(Cl)c2c(c1)OCO2)N1CCC(C(=O)N2CCCCCC2)CC1. The summed E-state index contributed by atoms with van der Waals surface area (Å²) in [6.07, 6.45) is 6.09. The first kappa shape index (κ1) is 18.4. The van der Waals surface area contributed by atoms with Crippen molar-refractivity contribution in [3.05, 3.63) is 22.7 Å². The first-order chi connectivity index (χ1) is 13.1. The average molecular weight is 393 g/mol. The molecule has 2 saturated heterocycles. The van der Waals surface area contributed by atoms with Crippen molar-refractivity contribution in [2.45, 2.75) is 38.5 Å². The van der Waals surface area contributed by atoms with E-state index >= 15 is 0 Å². The third-order valence-electron chi connectivity index (χ3n) is 5.72. The molecule has 7 heteroatoms. The molecule has 1 aromatic rings. The van der Waals surface area contributed by atoms with Gasteiger partial charge >= 0.3 is 0 Å². The van der Waals surface area contributed by atoms with E-state index in [2.05, 4.69) is 0 Å². The van der Waals surface area contributed by atoms with Crippen molar-refractivity contribution in [1.82, 2.24) is 9.80 Å². The van der Waals surface area contributed by atoms with Gasteiger partial charge in [0.25, 0.3) is 5.91 Å². The number of piperidine rings is 1.